The zero-order chi connectivity index (χ0) is 17.2. The van der Waals surface area contributed by atoms with Gasteiger partial charge in [0.2, 0.25) is 15.7 Å². The van der Waals surface area contributed by atoms with Crippen LogP contribution in [0.25, 0.3) is 10.9 Å². The Morgan fingerprint density at radius 3 is 2.67 bits per heavy atom. The molecule has 0 bridgehead atoms. The molecule has 0 saturated heterocycles. The Bertz CT molecular complexity index is 992. The van der Waals surface area contributed by atoms with Gasteiger partial charge in [-0.3, -0.25) is 0 Å². The van der Waals surface area contributed by atoms with Gasteiger partial charge in [0, 0.05) is 35.8 Å². The summed E-state index contributed by atoms with van der Waals surface area (Å²) in [5.41, 5.74) is 1.51. The van der Waals surface area contributed by atoms with Crippen LogP contribution in [0, 0.1) is 5.21 Å². The minimum Gasteiger partial charge on any atom is -0.618 e. The number of hydrogen-bond acceptors (Lipinski definition) is 3. The fourth-order valence-electron chi connectivity index (χ4n) is 2.47. The number of rotatable bonds is 5. The number of benzene rings is 2. The molecule has 7 heteroatoms. The Balaban J connectivity index is 2.18. The molecule has 2 aromatic carbocycles. The van der Waals surface area contributed by atoms with Crippen LogP contribution in [0.4, 0.5) is 5.69 Å². The average molecular weight is 343 g/mol. The lowest BCUT2D eigenvalue weighted by Gasteiger charge is -2.09. The maximum atomic E-state index is 12.5. The van der Waals surface area contributed by atoms with Gasteiger partial charge in [-0.1, -0.05) is 25.1 Å². The van der Waals surface area contributed by atoms with Crippen molar-refractivity contribution in [2.75, 3.05) is 6.54 Å². The van der Waals surface area contributed by atoms with E-state index in [0.717, 1.165) is 10.9 Å². The van der Waals surface area contributed by atoms with E-state index in [4.69, 9.17) is 0 Å². The van der Waals surface area contributed by atoms with Gasteiger partial charge in [0.15, 0.2) is 6.21 Å². The van der Waals surface area contributed by atoms with Crippen LogP contribution in [0.1, 0.15) is 12.5 Å². The van der Waals surface area contributed by atoms with Gasteiger partial charge in [0.1, 0.15) is 0 Å². The fraction of sp³-hybridized carbons (Fsp3) is 0.118. The summed E-state index contributed by atoms with van der Waals surface area (Å²) >= 11 is 0. The van der Waals surface area contributed by atoms with Crippen molar-refractivity contribution < 1.29 is 13.2 Å². The molecule has 1 heterocycles. The highest BCUT2D eigenvalue weighted by molar-refractivity contribution is 7.89. The highest BCUT2D eigenvalue weighted by Crippen LogP contribution is 2.22. The van der Waals surface area contributed by atoms with Crippen LogP contribution in [0.15, 0.2) is 59.6 Å². The van der Waals surface area contributed by atoms with Gasteiger partial charge in [-0.2, -0.15) is 4.74 Å². The molecule has 0 aliphatic rings. The molecule has 0 fully saturated rings. The Morgan fingerprint density at radius 1 is 1.21 bits per heavy atom. The number of fused-ring (bicyclic) bond motifs is 1. The molecule has 6 nitrogen and oxygen atoms in total. The smallest absolute Gasteiger partial charge is 0.241 e. The van der Waals surface area contributed by atoms with E-state index in [2.05, 4.69) is 9.71 Å². The number of hydrogen-bond donors (Lipinski definition) is 2. The molecule has 124 valence electrons. The van der Waals surface area contributed by atoms with E-state index in [1.165, 1.54) is 6.21 Å². The first kappa shape index (κ1) is 16.2. The Hall–Kier alpha value is -2.64. The van der Waals surface area contributed by atoms with Gasteiger partial charge in [0.05, 0.1) is 10.5 Å². The molecule has 3 aromatic rings. The van der Waals surface area contributed by atoms with Crippen LogP contribution in [0.2, 0.25) is 0 Å². The van der Waals surface area contributed by atoms with Crippen molar-refractivity contribution in [3.05, 3.63) is 65.5 Å². The van der Waals surface area contributed by atoms with Gasteiger partial charge in [-0.15, -0.1) is 0 Å². The van der Waals surface area contributed by atoms with Crippen LogP contribution < -0.4 is 4.72 Å². The molecule has 0 radical (unpaired) electrons. The second-order valence-electron chi connectivity index (χ2n) is 5.25. The quantitative estimate of drug-likeness (QED) is 0.323. The average Bonchev–Trinajstić information content (AvgIpc) is 3.02. The minimum absolute atomic E-state index is 0.0771. The van der Waals surface area contributed by atoms with Crippen molar-refractivity contribution in [3.8, 4) is 0 Å². The number of nitrogens with one attached hydrogen (secondary N) is 2. The molecule has 0 spiro atoms. The zero-order valence-corrected chi connectivity index (χ0v) is 13.9. The number of para-hydroxylation sites is 1. The van der Waals surface area contributed by atoms with E-state index >= 15 is 0 Å². The van der Waals surface area contributed by atoms with Gasteiger partial charge < -0.3 is 10.2 Å². The topological polar surface area (TPSA) is 88.0 Å². The predicted octanol–water partition coefficient (Wildman–Crippen LogP) is 2.73. The van der Waals surface area contributed by atoms with Gasteiger partial charge >= 0.3 is 0 Å². The molecule has 2 N–H and O–H groups in total. The van der Waals surface area contributed by atoms with E-state index in [9.17, 15) is 13.6 Å². The molecule has 0 aliphatic heterocycles. The monoisotopic (exact) mass is 343 g/mol. The molecule has 0 saturated carbocycles. The number of nitrogens with zero attached hydrogens (tertiary/aromatic N) is 1. The summed E-state index contributed by atoms with van der Waals surface area (Å²) in [5, 5.41) is 13.1. The Labute approximate surface area is 140 Å². The van der Waals surface area contributed by atoms with Crippen molar-refractivity contribution >= 4 is 32.8 Å². The molecule has 0 aliphatic carbocycles. The highest BCUT2D eigenvalue weighted by atomic mass is 32.2. The van der Waals surface area contributed by atoms with Gasteiger partial charge in [-0.25, -0.2) is 13.1 Å². The maximum absolute atomic E-state index is 12.5. The van der Waals surface area contributed by atoms with Gasteiger partial charge in [-0.05, 0) is 18.2 Å². The number of H-pyrrole nitrogens is 1. The van der Waals surface area contributed by atoms with E-state index in [0.29, 0.717) is 16.0 Å². The molecule has 0 atom stereocenters. The largest absolute Gasteiger partial charge is 0.618 e. The Kier molecular flexibility index (Phi) is 4.37. The van der Waals surface area contributed by atoms with Crippen molar-refractivity contribution in [2.45, 2.75) is 11.8 Å². The van der Waals surface area contributed by atoms with Crippen LogP contribution >= 0.6 is 0 Å². The first-order chi connectivity index (χ1) is 11.5. The number of aromatic nitrogens is 1. The second kappa shape index (κ2) is 6.46. The second-order valence-corrected chi connectivity index (χ2v) is 6.98. The molecule has 0 unspecified atom stereocenters. The van der Waals surface area contributed by atoms with Crippen molar-refractivity contribution in [3.63, 3.8) is 0 Å². The third-order valence-corrected chi connectivity index (χ3v) is 5.18. The molecule has 1 aromatic heterocycles. The standard InChI is InChI=1S/C17H17N3O3S/c1-2-19-24(22,23)17-11-13-8-9-18-16(13)10-14(17)12-20(21)15-6-4-3-5-7-15/h3-12,18-19H,2H2,1H3/b20-12-. The van der Waals surface area contributed by atoms with Crippen molar-refractivity contribution in [1.29, 1.82) is 0 Å². The lowest BCUT2D eigenvalue weighted by Crippen LogP contribution is -2.24. The molecular formula is C17H17N3O3S. The van der Waals surface area contributed by atoms with E-state index in [-0.39, 0.29) is 11.4 Å². The van der Waals surface area contributed by atoms with E-state index in [1.54, 1.807) is 55.6 Å². The summed E-state index contributed by atoms with van der Waals surface area (Å²) < 4.78 is 28.1. The van der Waals surface area contributed by atoms with Crippen molar-refractivity contribution in [1.82, 2.24) is 9.71 Å². The maximum Gasteiger partial charge on any atom is 0.241 e. The summed E-state index contributed by atoms with van der Waals surface area (Å²) in [5.74, 6) is 0. The summed E-state index contributed by atoms with van der Waals surface area (Å²) in [7, 11) is -3.70. The van der Waals surface area contributed by atoms with Crippen LogP contribution in [-0.4, -0.2) is 30.9 Å². The number of sulfonamides is 1. The summed E-state index contributed by atoms with van der Waals surface area (Å²) in [4.78, 5) is 3.10. The number of aromatic amines is 1. The van der Waals surface area contributed by atoms with Crippen LogP contribution in [0.5, 0.6) is 0 Å². The first-order valence-electron chi connectivity index (χ1n) is 7.48. The van der Waals surface area contributed by atoms with E-state index in [1.807, 2.05) is 6.07 Å². The van der Waals surface area contributed by atoms with Crippen molar-refractivity contribution in [2.24, 2.45) is 0 Å². The molecular weight excluding hydrogens is 326 g/mol. The first-order valence-corrected chi connectivity index (χ1v) is 8.96. The molecule has 3 rings (SSSR count). The highest BCUT2D eigenvalue weighted by Gasteiger charge is 2.20. The fourth-order valence-corrected chi connectivity index (χ4v) is 3.71. The molecule has 24 heavy (non-hydrogen) atoms. The zero-order valence-electron chi connectivity index (χ0n) is 13.1. The lowest BCUT2D eigenvalue weighted by molar-refractivity contribution is -0.354. The summed E-state index contributed by atoms with van der Waals surface area (Å²) in [6, 6.07) is 13.6. The Morgan fingerprint density at radius 2 is 1.96 bits per heavy atom. The van der Waals surface area contributed by atoms with E-state index < -0.39 is 10.0 Å². The third kappa shape index (κ3) is 3.17. The van der Waals surface area contributed by atoms with Crippen LogP contribution in [0.3, 0.4) is 0 Å². The normalized spacial score (nSPS) is 12.6. The van der Waals surface area contributed by atoms with Gasteiger partial charge in [0.25, 0.3) is 0 Å². The van der Waals surface area contributed by atoms with Crippen LogP contribution in [-0.2, 0) is 10.0 Å². The summed E-state index contributed by atoms with van der Waals surface area (Å²) in [6.07, 6.45) is 3.00. The molecule has 0 amide bonds. The minimum atomic E-state index is -3.70. The SMILES string of the molecule is CCNS(=O)(=O)c1cc2cc[nH]c2cc1/C=[N+](\[O-])c1ccccc1. The lowest BCUT2D eigenvalue weighted by atomic mass is 10.2. The summed E-state index contributed by atoms with van der Waals surface area (Å²) in [6.45, 7) is 1.98. The predicted molar refractivity (Wildman–Crippen MR) is 94.1 cm³/mol. The third-order valence-electron chi connectivity index (χ3n) is 3.57.